The van der Waals surface area contributed by atoms with Gasteiger partial charge in [-0.15, -0.1) is 11.3 Å². The Bertz CT molecular complexity index is 642. The zero-order chi connectivity index (χ0) is 16.4. The third kappa shape index (κ3) is 3.91. The Morgan fingerprint density at radius 3 is 2.74 bits per heavy atom. The number of anilines is 1. The predicted octanol–water partition coefficient (Wildman–Crippen LogP) is 1.65. The molecule has 23 heavy (non-hydrogen) atoms. The predicted molar refractivity (Wildman–Crippen MR) is 92.9 cm³/mol. The van der Waals surface area contributed by atoms with E-state index in [4.69, 9.17) is 0 Å². The maximum absolute atomic E-state index is 10.6. The molecular formula is C16H25N5OS. The molecule has 3 heterocycles. The number of hydrogen-bond donors (Lipinski definition) is 2. The van der Waals surface area contributed by atoms with Crippen LogP contribution >= 0.6 is 11.3 Å². The zero-order valence-electron chi connectivity index (χ0n) is 14.0. The quantitative estimate of drug-likeness (QED) is 0.870. The van der Waals surface area contributed by atoms with Gasteiger partial charge in [0.1, 0.15) is 5.60 Å². The molecule has 1 fully saturated rings. The first-order valence-electron chi connectivity index (χ1n) is 8.06. The molecule has 0 bridgehead atoms. The number of hydrogen-bond acceptors (Lipinski definition) is 6. The number of aliphatic hydroxyl groups is 1. The van der Waals surface area contributed by atoms with Gasteiger partial charge in [-0.25, -0.2) is 4.98 Å². The van der Waals surface area contributed by atoms with Crippen LogP contribution in [0.5, 0.6) is 0 Å². The van der Waals surface area contributed by atoms with Gasteiger partial charge < -0.3 is 15.3 Å². The molecule has 0 spiro atoms. The Hall–Kier alpha value is -1.44. The van der Waals surface area contributed by atoms with Crippen LogP contribution in [0.3, 0.4) is 0 Å². The van der Waals surface area contributed by atoms with Crippen molar-refractivity contribution in [1.29, 1.82) is 0 Å². The van der Waals surface area contributed by atoms with Crippen LogP contribution in [0.1, 0.15) is 31.0 Å². The first kappa shape index (κ1) is 16.4. The normalized spacial score (nSPS) is 19.0. The summed E-state index contributed by atoms with van der Waals surface area (Å²) in [6.45, 7) is 6.44. The van der Waals surface area contributed by atoms with Crippen molar-refractivity contribution in [3.05, 3.63) is 29.0 Å². The maximum Gasteiger partial charge on any atom is 0.185 e. The lowest BCUT2D eigenvalue weighted by Crippen LogP contribution is -2.46. The van der Waals surface area contributed by atoms with Crippen molar-refractivity contribution in [2.75, 3.05) is 24.5 Å². The Morgan fingerprint density at radius 2 is 2.17 bits per heavy atom. The summed E-state index contributed by atoms with van der Waals surface area (Å²) in [5.74, 6) is 0. The Morgan fingerprint density at radius 1 is 1.43 bits per heavy atom. The summed E-state index contributed by atoms with van der Waals surface area (Å²) in [6, 6.07) is 0.440. The topological polar surface area (TPSA) is 66.2 Å². The number of piperidine rings is 1. The van der Waals surface area contributed by atoms with E-state index in [1.165, 1.54) is 0 Å². The zero-order valence-corrected chi connectivity index (χ0v) is 14.8. The van der Waals surface area contributed by atoms with E-state index in [0.717, 1.165) is 42.3 Å². The van der Waals surface area contributed by atoms with Crippen molar-refractivity contribution >= 4 is 16.5 Å². The Balaban J connectivity index is 1.49. The largest absolute Gasteiger partial charge is 0.384 e. The van der Waals surface area contributed by atoms with Crippen molar-refractivity contribution in [3.63, 3.8) is 0 Å². The summed E-state index contributed by atoms with van der Waals surface area (Å²) in [4.78, 5) is 6.92. The van der Waals surface area contributed by atoms with Gasteiger partial charge in [0.25, 0.3) is 0 Å². The fourth-order valence-corrected chi connectivity index (χ4v) is 3.76. The van der Waals surface area contributed by atoms with Crippen molar-refractivity contribution in [3.8, 4) is 0 Å². The summed E-state index contributed by atoms with van der Waals surface area (Å²) in [5.41, 5.74) is 1.05. The second-order valence-electron chi connectivity index (χ2n) is 6.59. The van der Waals surface area contributed by atoms with Crippen LogP contribution in [0.4, 0.5) is 5.13 Å². The molecule has 6 nitrogen and oxygen atoms in total. The van der Waals surface area contributed by atoms with E-state index in [2.05, 4.69) is 25.7 Å². The van der Waals surface area contributed by atoms with Gasteiger partial charge in [-0.3, -0.25) is 4.68 Å². The number of nitrogens with one attached hydrogen (secondary N) is 1. The van der Waals surface area contributed by atoms with Crippen LogP contribution in [-0.4, -0.2) is 45.5 Å². The molecule has 0 aliphatic carbocycles. The monoisotopic (exact) mass is 335 g/mol. The van der Waals surface area contributed by atoms with Crippen molar-refractivity contribution in [2.24, 2.45) is 7.05 Å². The molecular weight excluding hydrogens is 310 g/mol. The second kappa shape index (κ2) is 6.59. The number of rotatable bonds is 5. The first-order valence-corrected chi connectivity index (χ1v) is 8.94. The van der Waals surface area contributed by atoms with E-state index in [0.29, 0.717) is 12.6 Å². The van der Waals surface area contributed by atoms with E-state index in [1.54, 1.807) is 22.2 Å². The minimum Gasteiger partial charge on any atom is -0.384 e. The molecule has 2 aromatic heterocycles. The fraction of sp³-hybridized carbons (Fsp3) is 0.625. The maximum atomic E-state index is 10.6. The third-order valence-electron chi connectivity index (χ3n) is 4.43. The molecule has 126 valence electrons. The molecule has 1 aliphatic heterocycles. The van der Waals surface area contributed by atoms with Gasteiger partial charge in [-0.05, 0) is 26.7 Å². The van der Waals surface area contributed by atoms with E-state index in [9.17, 15) is 5.11 Å². The number of thiazole rings is 1. The van der Waals surface area contributed by atoms with Gasteiger partial charge in [0, 0.05) is 49.9 Å². The van der Waals surface area contributed by atoms with Crippen LogP contribution in [0.25, 0.3) is 0 Å². The Labute approximate surface area is 141 Å². The van der Waals surface area contributed by atoms with Crippen LogP contribution in [-0.2, 0) is 12.6 Å². The molecule has 7 heteroatoms. The van der Waals surface area contributed by atoms with Gasteiger partial charge in [0.2, 0.25) is 0 Å². The van der Waals surface area contributed by atoms with Crippen molar-refractivity contribution < 1.29 is 5.11 Å². The van der Waals surface area contributed by atoms with E-state index in [-0.39, 0.29) is 0 Å². The van der Waals surface area contributed by atoms with Crippen LogP contribution in [0, 0.1) is 6.92 Å². The van der Waals surface area contributed by atoms with Gasteiger partial charge in [0.15, 0.2) is 5.13 Å². The van der Waals surface area contributed by atoms with Gasteiger partial charge in [0.05, 0.1) is 11.9 Å². The van der Waals surface area contributed by atoms with Crippen LogP contribution < -0.4 is 10.2 Å². The molecule has 0 aromatic carbocycles. The van der Waals surface area contributed by atoms with E-state index in [1.807, 2.05) is 27.1 Å². The lowest BCUT2D eigenvalue weighted by Gasteiger charge is -2.34. The standard InChI is InChI=1S/C16H25N5OS/c1-12-10-23-15(19-12)21-6-4-14(5-7-21)17-11-16(2,22)13-8-18-20(3)9-13/h8-10,14,17,22H,4-7,11H2,1-3H3. The van der Waals surface area contributed by atoms with E-state index >= 15 is 0 Å². The summed E-state index contributed by atoms with van der Waals surface area (Å²) in [7, 11) is 1.86. The first-order chi connectivity index (χ1) is 10.9. The number of nitrogens with zero attached hydrogens (tertiary/aromatic N) is 4. The van der Waals surface area contributed by atoms with Crippen LogP contribution in [0.15, 0.2) is 17.8 Å². The lowest BCUT2D eigenvalue weighted by atomic mass is 9.98. The fourth-order valence-electron chi connectivity index (χ4n) is 2.91. The van der Waals surface area contributed by atoms with Gasteiger partial charge >= 0.3 is 0 Å². The summed E-state index contributed by atoms with van der Waals surface area (Å²) in [5, 5.41) is 21.5. The number of aryl methyl sites for hydroxylation is 2. The molecule has 3 rings (SSSR count). The van der Waals surface area contributed by atoms with Crippen molar-refractivity contribution in [1.82, 2.24) is 20.1 Å². The molecule has 2 N–H and O–H groups in total. The van der Waals surface area contributed by atoms with E-state index < -0.39 is 5.60 Å². The molecule has 2 aromatic rings. The third-order valence-corrected chi connectivity index (χ3v) is 5.45. The Kier molecular flexibility index (Phi) is 4.70. The molecule has 1 aliphatic rings. The highest BCUT2D eigenvalue weighted by atomic mass is 32.1. The lowest BCUT2D eigenvalue weighted by molar-refractivity contribution is 0.0527. The molecule has 0 amide bonds. The van der Waals surface area contributed by atoms with Crippen molar-refractivity contribution in [2.45, 2.75) is 38.3 Å². The van der Waals surface area contributed by atoms with Gasteiger partial charge in [-0.1, -0.05) is 0 Å². The highest BCUT2D eigenvalue weighted by Crippen LogP contribution is 2.24. The highest BCUT2D eigenvalue weighted by Gasteiger charge is 2.27. The smallest absolute Gasteiger partial charge is 0.185 e. The molecule has 1 saturated heterocycles. The van der Waals surface area contributed by atoms with Crippen LogP contribution in [0.2, 0.25) is 0 Å². The molecule has 1 unspecified atom stereocenters. The average molecular weight is 335 g/mol. The molecule has 0 saturated carbocycles. The summed E-state index contributed by atoms with van der Waals surface area (Å²) >= 11 is 1.72. The molecule has 1 atom stereocenters. The minimum atomic E-state index is -0.891. The summed E-state index contributed by atoms with van der Waals surface area (Å²) < 4.78 is 1.72. The molecule has 0 radical (unpaired) electrons. The number of aromatic nitrogens is 3. The average Bonchev–Trinajstić information content (AvgIpc) is 3.15. The second-order valence-corrected chi connectivity index (χ2v) is 7.43. The summed E-state index contributed by atoms with van der Waals surface area (Å²) in [6.07, 6.45) is 5.74. The minimum absolute atomic E-state index is 0.440. The van der Waals surface area contributed by atoms with Gasteiger partial charge in [-0.2, -0.15) is 5.10 Å². The highest BCUT2D eigenvalue weighted by molar-refractivity contribution is 7.13. The SMILES string of the molecule is Cc1csc(N2CCC(NCC(C)(O)c3cnn(C)c3)CC2)n1.